The van der Waals surface area contributed by atoms with Gasteiger partial charge in [0.05, 0.1) is 4.90 Å². The second kappa shape index (κ2) is 10.1. The van der Waals surface area contributed by atoms with Crippen molar-refractivity contribution >= 4 is 15.8 Å². The third kappa shape index (κ3) is 7.14. The lowest BCUT2D eigenvalue weighted by Crippen LogP contribution is -2.39. The van der Waals surface area contributed by atoms with Gasteiger partial charge < -0.3 is 15.5 Å². The number of likely N-dealkylation sites (tertiary alicyclic amines) is 1. The lowest BCUT2D eigenvalue weighted by atomic mass is 9.99. The molecule has 0 bridgehead atoms. The van der Waals surface area contributed by atoms with Crippen LogP contribution in [-0.2, 0) is 16.4 Å². The van der Waals surface area contributed by atoms with E-state index in [1.165, 1.54) is 32.2 Å². The van der Waals surface area contributed by atoms with Crippen LogP contribution in [0.1, 0.15) is 37.3 Å². The molecule has 27 heavy (non-hydrogen) atoms. The van der Waals surface area contributed by atoms with Gasteiger partial charge in [-0.05, 0) is 68.9 Å². The van der Waals surface area contributed by atoms with Gasteiger partial charge in [0, 0.05) is 26.4 Å². The van der Waals surface area contributed by atoms with E-state index in [0.29, 0.717) is 11.4 Å². The maximum Gasteiger partial charge on any atom is 0.191 e. The van der Waals surface area contributed by atoms with Crippen LogP contribution in [-0.4, -0.2) is 58.8 Å². The predicted molar refractivity (Wildman–Crippen MR) is 112 cm³/mol. The predicted octanol–water partition coefficient (Wildman–Crippen LogP) is 2.19. The molecule has 1 aliphatic rings. The minimum Gasteiger partial charge on any atom is -0.356 e. The molecule has 1 saturated heterocycles. The largest absolute Gasteiger partial charge is 0.356 e. The van der Waals surface area contributed by atoms with E-state index in [2.05, 4.69) is 27.4 Å². The van der Waals surface area contributed by atoms with Crippen molar-refractivity contribution in [1.29, 1.82) is 0 Å². The Balaban J connectivity index is 1.73. The number of benzene rings is 1. The third-order valence-corrected chi connectivity index (χ3v) is 6.40. The molecule has 0 spiro atoms. The van der Waals surface area contributed by atoms with Crippen LogP contribution in [0.4, 0.5) is 0 Å². The first-order valence-electron chi connectivity index (χ1n) is 9.76. The first-order valence-corrected chi connectivity index (χ1v) is 11.6. The van der Waals surface area contributed by atoms with Gasteiger partial charge in [0.25, 0.3) is 0 Å². The summed E-state index contributed by atoms with van der Waals surface area (Å²) < 4.78 is 23.4. The normalized spacial score (nSPS) is 17.1. The van der Waals surface area contributed by atoms with Crippen molar-refractivity contribution < 1.29 is 8.42 Å². The smallest absolute Gasteiger partial charge is 0.191 e. The van der Waals surface area contributed by atoms with Crippen LogP contribution in [0.3, 0.4) is 0 Å². The third-order valence-electron chi connectivity index (χ3n) is 5.14. The Labute approximate surface area is 164 Å². The number of guanidine groups is 1. The van der Waals surface area contributed by atoms with E-state index in [9.17, 15) is 8.42 Å². The minimum atomic E-state index is -3.17. The highest BCUT2D eigenvalue weighted by molar-refractivity contribution is 7.90. The van der Waals surface area contributed by atoms with Crippen LogP contribution < -0.4 is 10.6 Å². The molecule has 2 rings (SSSR count). The number of piperidine rings is 1. The van der Waals surface area contributed by atoms with E-state index in [4.69, 9.17) is 0 Å². The Morgan fingerprint density at radius 2 is 1.96 bits per heavy atom. The Kier molecular flexibility index (Phi) is 8.10. The fourth-order valence-electron chi connectivity index (χ4n) is 3.44. The topological polar surface area (TPSA) is 73.8 Å². The van der Waals surface area contributed by atoms with Crippen molar-refractivity contribution in [2.24, 2.45) is 10.9 Å². The van der Waals surface area contributed by atoms with Gasteiger partial charge in [-0.25, -0.2) is 8.42 Å². The fraction of sp³-hybridized carbons (Fsp3) is 0.650. The van der Waals surface area contributed by atoms with Crippen molar-refractivity contribution in [1.82, 2.24) is 15.5 Å². The summed E-state index contributed by atoms with van der Waals surface area (Å²) in [5.74, 6) is 1.64. The maximum absolute atomic E-state index is 11.7. The molecular formula is C20H34N4O2S. The summed E-state index contributed by atoms with van der Waals surface area (Å²) in [4.78, 5) is 7.20. The number of sulfone groups is 1. The SMILES string of the molecule is CN=C(NCCCN1CCC(C)CC1)NCc1ccc(S(C)(=O)=O)c(C)c1. The molecule has 6 nitrogen and oxygen atoms in total. The molecule has 1 aromatic rings. The molecule has 2 N–H and O–H groups in total. The average Bonchev–Trinajstić information content (AvgIpc) is 2.61. The van der Waals surface area contributed by atoms with E-state index in [-0.39, 0.29) is 0 Å². The molecule has 0 atom stereocenters. The summed E-state index contributed by atoms with van der Waals surface area (Å²) >= 11 is 0. The van der Waals surface area contributed by atoms with Crippen LogP contribution in [0.25, 0.3) is 0 Å². The molecule has 0 radical (unpaired) electrons. The van der Waals surface area contributed by atoms with Crippen molar-refractivity contribution in [2.45, 2.75) is 44.6 Å². The molecular weight excluding hydrogens is 360 g/mol. The number of nitrogens with zero attached hydrogens (tertiary/aromatic N) is 2. The Morgan fingerprint density at radius 3 is 2.56 bits per heavy atom. The Bertz CT molecular complexity index is 738. The molecule has 0 saturated carbocycles. The Hall–Kier alpha value is -1.60. The minimum absolute atomic E-state index is 0.390. The molecule has 1 heterocycles. The molecule has 0 unspecified atom stereocenters. The monoisotopic (exact) mass is 394 g/mol. The highest BCUT2D eigenvalue weighted by Gasteiger charge is 2.15. The Morgan fingerprint density at radius 1 is 1.26 bits per heavy atom. The zero-order chi connectivity index (χ0) is 19.9. The standard InChI is InChI=1S/C20H34N4O2S/c1-16-8-12-24(13-9-16)11-5-10-22-20(21-3)23-15-18-6-7-19(17(2)14-18)27(4,25)26/h6-7,14,16H,5,8-13,15H2,1-4H3,(H2,21,22,23). The van der Waals surface area contributed by atoms with Crippen molar-refractivity contribution in [3.8, 4) is 0 Å². The van der Waals surface area contributed by atoms with Gasteiger partial charge in [0.2, 0.25) is 0 Å². The van der Waals surface area contributed by atoms with Crippen LogP contribution in [0.2, 0.25) is 0 Å². The van der Waals surface area contributed by atoms with Crippen LogP contribution >= 0.6 is 0 Å². The first kappa shape index (κ1) is 21.7. The lowest BCUT2D eigenvalue weighted by molar-refractivity contribution is 0.191. The average molecular weight is 395 g/mol. The zero-order valence-corrected chi connectivity index (χ0v) is 17.9. The molecule has 1 fully saturated rings. The molecule has 0 aliphatic carbocycles. The lowest BCUT2D eigenvalue weighted by Gasteiger charge is -2.30. The van der Waals surface area contributed by atoms with E-state index in [1.807, 2.05) is 19.1 Å². The van der Waals surface area contributed by atoms with Crippen molar-refractivity contribution in [3.63, 3.8) is 0 Å². The van der Waals surface area contributed by atoms with E-state index in [0.717, 1.165) is 42.5 Å². The number of nitrogens with one attached hydrogen (secondary N) is 2. The highest BCUT2D eigenvalue weighted by Crippen LogP contribution is 2.17. The molecule has 1 aromatic carbocycles. The number of hydrogen-bond acceptors (Lipinski definition) is 4. The molecule has 1 aliphatic heterocycles. The van der Waals surface area contributed by atoms with Gasteiger partial charge in [-0.15, -0.1) is 0 Å². The van der Waals surface area contributed by atoms with Crippen molar-refractivity contribution in [3.05, 3.63) is 29.3 Å². The van der Waals surface area contributed by atoms with E-state index >= 15 is 0 Å². The zero-order valence-electron chi connectivity index (χ0n) is 17.1. The molecule has 0 aromatic heterocycles. The number of rotatable bonds is 7. The maximum atomic E-state index is 11.7. The van der Waals surface area contributed by atoms with Gasteiger partial charge in [-0.1, -0.05) is 19.1 Å². The second-order valence-electron chi connectivity index (χ2n) is 7.60. The van der Waals surface area contributed by atoms with Gasteiger partial charge in [-0.2, -0.15) is 0 Å². The van der Waals surface area contributed by atoms with Crippen LogP contribution in [0.5, 0.6) is 0 Å². The van der Waals surface area contributed by atoms with Crippen LogP contribution in [0, 0.1) is 12.8 Å². The van der Waals surface area contributed by atoms with Gasteiger partial charge >= 0.3 is 0 Å². The summed E-state index contributed by atoms with van der Waals surface area (Å²) in [6, 6.07) is 5.44. The first-order chi connectivity index (χ1) is 12.8. The van der Waals surface area contributed by atoms with Gasteiger partial charge in [-0.3, -0.25) is 4.99 Å². The van der Waals surface area contributed by atoms with Crippen LogP contribution in [0.15, 0.2) is 28.1 Å². The summed E-state index contributed by atoms with van der Waals surface area (Å²) in [6.07, 6.45) is 4.96. The molecule has 7 heteroatoms. The molecule has 152 valence electrons. The van der Waals surface area contributed by atoms with Gasteiger partial charge in [0.1, 0.15) is 0 Å². The number of hydrogen-bond donors (Lipinski definition) is 2. The van der Waals surface area contributed by atoms with Crippen molar-refractivity contribution in [2.75, 3.05) is 39.5 Å². The molecule has 0 amide bonds. The van der Waals surface area contributed by atoms with E-state index < -0.39 is 9.84 Å². The quantitative estimate of drug-likeness (QED) is 0.421. The highest BCUT2D eigenvalue weighted by atomic mass is 32.2. The fourth-order valence-corrected chi connectivity index (χ4v) is 4.40. The number of aryl methyl sites for hydroxylation is 1. The second-order valence-corrected chi connectivity index (χ2v) is 9.59. The van der Waals surface area contributed by atoms with Gasteiger partial charge in [0.15, 0.2) is 15.8 Å². The summed E-state index contributed by atoms with van der Waals surface area (Å²) in [6.45, 7) is 9.22. The summed E-state index contributed by atoms with van der Waals surface area (Å²) in [5.41, 5.74) is 1.81. The summed E-state index contributed by atoms with van der Waals surface area (Å²) in [5, 5.41) is 6.65. The number of aliphatic imine (C=N–C) groups is 1. The van der Waals surface area contributed by atoms with E-state index in [1.54, 1.807) is 13.1 Å². The summed E-state index contributed by atoms with van der Waals surface area (Å²) in [7, 11) is -1.41.